The van der Waals surface area contributed by atoms with E-state index in [4.69, 9.17) is 15.2 Å². The second-order valence-electron chi connectivity index (χ2n) is 4.64. The Morgan fingerprint density at radius 2 is 2.16 bits per heavy atom. The van der Waals surface area contributed by atoms with Gasteiger partial charge in [-0.1, -0.05) is 6.07 Å². The first-order valence-corrected chi connectivity index (χ1v) is 6.68. The zero-order valence-electron chi connectivity index (χ0n) is 11.3. The maximum absolute atomic E-state index is 13.8. The van der Waals surface area contributed by atoms with E-state index < -0.39 is 0 Å². The van der Waals surface area contributed by atoms with Gasteiger partial charge >= 0.3 is 0 Å². The third-order valence-electron chi connectivity index (χ3n) is 3.24. The fraction of sp³-hybridized carbons (Fsp3) is 0.571. The second kappa shape index (κ2) is 6.84. The van der Waals surface area contributed by atoms with E-state index in [1.807, 2.05) is 13.0 Å². The average Bonchev–Trinajstić information content (AvgIpc) is 2.42. The van der Waals surface area contributed by atoms with Crippen molar-refractivity contribution in [3.8, 4) is 5.75 Å². The largest absolute Gasteiger partial charge is 0.491 e. The van der Waals surface area contributed by atoms with Crippen LogP contribution in [0, 0.1) is 5.82 Å². The minimum absolute atomic E-state index is 0.191. The van der Waals surface area contributed by atoms with Gasteiger partial charge in [0.05, 0.1) is 19.8 Å². The van der Waals surface area contributed by atoms with Gasteiger partial charge < -0.3 is 15.2 Å². The van der Waals surface area contributed by atoms with E-state index in [-0.39, 0.29) is 17.6 Å². The Bertz CT molecular complexity index is 408. The smallest absolute Gasteiger partial charge is 0.165 e. The van der Waals surface area contributed by atoms with Gasteiger partial charge in [-0.25, -0.2) is 4.39 Å². The standard InChI is InChI=1S/C14H21FN2O2/c1-2-19-14-4-3-11(9-12(14)15)13(16)10-17-5-7-18-8-6-17/h3-4,9,13H,2,5-8,10,16H2,1H3. The molecule has 106 valence electrons. The summed E-state index contributed by atoms with van der Waals surface area (Å²) in [4.78, 5) is 2.24. The molecule has 5 heteroatoms. The molecule has 0 amide bonds. The van der Waals surface area contributed by atoms with E-state index in [9.17, 15) is 4.39 Å². The van der Waals surface area contributed by atoms with Crippen molar-refractivity contribution >= 4 is 0 Å². The number of benzene rings is 1. The Morgan fingerprint density at radius 3 is 2.79 bits per heavy atom. The van der Waals surface area contributed by atoms with Crippen LogP contribution in [0.5, 0.6) is 5.75 Å². The van der Waals surface area contributed by atoms with Gasteiger partial charge in [0.15, 0.2) is 11.6 Å². The molecule has 0 spiro atoms. The summed E-state index contributed by atoms with van der Waals surface area (Å²) in [5.41, 5.74) is 6.93. The molecule has 19 heavy (non-hydrogen) atoms. The number of ether oxygens (including phenoxy) is 2. The molecule has 1 aliphatic rings. The summed E-state index contributed by atoms with van der Waals surface area (Å²) in [5, 5.41) is 0. The zero-order valence-corrected chi connectivity index (χ0v) is 11.3. The Hall–Kier alpha value is -1.17. The molecular formula is C14H21FN2O2. The first-order valence-electron chi connectivity index (χ1n) is 6.68. The molecule has 0 aromatic heterocycles. The molecule has 2 N–H and O–H groups in total. The molecule has 1 fully saturated rings. The van der Waals surface area contributed by atoms with Crippen molar-refractivity contribution < 1.29 is 13.9 Å². The summed E-state index contributed by atoms with van der Waals surface area (Å²) in [7, 11) is 0. The molecule has 0 radical (unpaired) electrons. The van der Waals surface area contributed by atoms with Crippen LogP contribution in [0.1, 0.15) is 18.5 Å². The highest BCUT2D eigenvalue weighted by molar-refractivity contribution is 5.31. The molecule has 1 heterocycles. The fourth-order valence-corrected chi connectivity index (χ4v) is 2.19. The monoisotopic (exact) mass is 268 g/mol. The van der Waals surface area contributed by atoms with Gasteiger partial charge in [0.25, 0.3) is 0 Å². The summed E-state index contributed by atoms with van der Waals surface area (Å²) in [6.45, 7) is 6.25. The van der Waals surface area contributed by atoms with Crippen LogP contribution in [0.2, 0.25) is 0 Å². The minimum atomic E-state index is -0.350. The highest BCUT2D eigenvalue weighted by Gasteiger charge is 2.16. The van der Waals surface area contributed by atoms with Crippen LogP contribution in [0.25, 0.3) is 0 Å². The molecule has 2 rings (SSSR count). The van der Waals surface area contributed by atoms with E-state index in [1.54, 1.807) is 6.07 Å². The molecule has 0 aliphatic carbocycles. The van der Waals surface area contributed by atoms with E-state index >= 15 is 0 Å². The summed E-state index contributed by atoms with van der Waals surface area (Å²) < 4.78 is 24.2. The maximum Gasteiger partial charge on any atom is 0.165 e. The highest BCUT2D eigenvalue weighted by atomic mass is 19.1. The lowest BCUT2D eigenvalue weighted by Crippen LogP contribution is -2.40. The lowest BCUT2D eigenvalue weighted by atomic mass is 10.1. The summed E-state index contributed by atoms with van der Waals surface area (Å²) in [6.07, 6.45) is 0. The van der Waals surface area contributed by atoms with Crippen LogP contribution in [-0.2, 0) is 4.74 Å². The van der Waals surface area contributed by atoms with Crippen molar-refractivity contribution in [1.82, 2.24) is 4.90 Å². The third kappa shape index (κ3) is 3.89. The summed E-state index contributed by atoms with van der Waals surface area (Å²) in [5.74, 6) is -0.0680. The topological polar surface area (TPSA) is 47.7 Å². The van der Waals surface area contributed by atoms with Crippen molar-refractivity contribution in [3.63, 3.8) is 0 Å². The van der Waals surface area contributed by atoms with Gasteiger partial charge in [-0.3, -0.25) is 4.90 Å². The molecule has 1 saturated heterocycles. The third-order valence-corrected chi connectivity index (χ3v) is 3.24. The lowest BCUT2D eigenvalue weighted by Gasteiger charge is -2.29. The van der Waals surface area contributed by atoms with Gasteiger partial charge in [0.2, 0.25) is 0 Å². The number of halogens is 1. The van der Waals surface area contributed by atoms with Crippen LogP contribution < -0.4 is 10.5 Å². The molecule has 4 nitrogen and oxygen atoms in total. The Labute approximate surface area is 113 Å². The molecular weight excluding hydrogens is 247 g/mol. The molecule has 0 saturated carbocycles. The number of nitrogens with zero attached hydrogens (tertiary/aromatic N) is 1. The van der Waals surface area contributed by atoms with Crippen molar-refractivity contribution in [3.05, 3.63) is 29.6 Å². The highest BCUT2D eigenvalue weighted by Crippen LogP contribution is 2.22. The van der Waals surface area contributed by atoms with Crippen LogP contribution in [0.15, 0.2) is 18.2 Å². The van der Waals surface area contributed by atoms with Gasteiger partial charge in [-0.15, -0.1) is 0 Å². The predicted octanol–water partition coefficient (Wildman–Crippen LogP) is 1.56. The van der Waals surface area contributed by atoms with Crippen LogP contribution in [0.3, 0.4) is 0 Å². The van der Waals surface area contributed by atoms with Gasteiger partial charge in [-0.05, 0) is 24.6 Å². The van der Waals surface area contributed by atoms with E-state index in [0.717, 1.165) is 38.4 Å². The number of hydrogen-bond donors (Lipinski definition) is 1. The van der Waals surface area contributed by atoms with Crippen molar-refractivity contribution in [2.24, 2.45) is 5.73 Å². The molecule has 1 aromatic rings. The first kappa shape index (κ1) is 14.2. The Kier molecular flexibility index (Phi) is 5.13. The minimum Gasteiger partial charge on any atom is -0.491 e. The summed E-state index contributed by atoms with van der Waals surface area (Å²) in [6, 6.07) is 4.76. The van der Waals surface area contributed by atoms with Crippen molar-refractivity contribution in [2.75, 3.05) is 39.5 Å². The van der Waals surface area contributed by atoms with Crippen molar-refractivity contribution in [2.45, 2.75) is 13.0 Å². The van der Waals surface area contributed by atoms with Crippen molar-refractivity contribution in [1.29, 1.82) is 0 Å². The second-order valence-corrected chi connectivity index (χ2v) is 4.64. The number of rotatable bonds is 5. The maximum atomic E-state index is 13.8. The number of hydrogen-bond acceptors (Lipinski definition) is 4. The Balaban J connectivity index is 1.98. The predicted molar refractivity (Wildman–Crippen MR) is 71.8 cm³/mol. The van der Waals surface area contributed by atoms with Gasteiger partial charge in [0, 0.05) is 25.7 Å². The molecule has 0 bridgehead atoms. The average molecular weight is 268 g/mol. The SMILES string of the molecule is CCOc1ccc(C(N)CN2CCOCC2)cc1F. The molecule has 1 atom stereocenters. The van der Waals surface area contributed by atoms with Crippen LogP contribution in [-0.4, -0.2) is 44.4 Å². The zero-order chi connectivity index (χ0) is 13.7. The van der Waals surface area contributed by atoms with Crippen LogP contribution in [0.4, 0.5) is 4.39 Å². The lowest BCUT2D eigenvalue weighted by molar-refractivity contribution is 0.0352. The quantitative estimate of drug-likeness (QED) is 0.880. The molecule has 1 aliphatic heterocycles. The Morgan fingerprint density at radius 1 is 1.42 bits per heavy atom. The number of nitrogens with two attached hydrogens (primary N) is 1. The normalized spacial score (nSPS) is 18.3. The van der Waals surface area contributed by atoms with E-state index in [0.29, 0.717) is 6.61 Å². The first-order chi connectivity index (χ1) is 9.20. The summed E-state index contributed by atoms with van der Waals surface area (Å²) >= 11 is 0. The van der Waals surface area contributed by atoms with Gasteiger partial charge in [0.1, 0.15) is 0 Å². The molecule has 1 aromatic carbocycles. The van der Waals surface area contributed by atoms with E-state index in [2.05, 4.69) is 4.90 Å². The molecule has 1 unspecified atom stereocenters. The number of morpholine rings is 1. The van der Waals surface area contributed by atoms with Gasteiger partial charge in [-0.2, -0.15) is 0 Å². The fourth-order valence-electron chi connectivity index (χ4n) is 2.19. The van der Waals surface area contributed by atoms with Crippen LogP contribution >= 0.6 is 0 Å². The van der Waals surface area contributed by atoms with E-state index in [1.165, 1.54) is 6.07 Å².